The van der Waals surface area contributed by atoms with Crippen LogP contribution >= 0.6 is 11.8 Å². The van der Waals surface area contributed by atoms with Gasteiger partial charge in [-0.25, -0.2) is 4.68 Å². The lowest BCUT2D eigenvalue weighted by Gasteiger charge is -2.13. The molecule has 9 nitrogen and oxygen atoms in total. The smallest absolute Gasteiger partial charge is 0.209 e. The molecule has 0 saturated carbocycles. The van der Waals surface area contributed by atoms with Gasteiger partial charge in [0, 0.05) is 33.1 Å². The molecule has 2 heterocycles. The fourth-order valence-corrected chi connectivity index (χ4v) is 2.34. The van der Waals surface area contributed by atoms with Crippen LogP contribution in [-0.2, 0) is 33.1 Å². The van der Waals surface area contributed by atoms with Gasteiger partial charge < -0.3 is 18.7 Å². The molecule has 0 aliphatic rings. The van der Waals surface area contributed by atoms with Gasteiger partial charge in [-0.15, -0.1) is 5.10 Å². The van der Waals surface area contributed by atoms with Crippen LogP contribution in [0.4, 0.5) is 0 Å². The molecule has 2 aromatic heterocycles. The quantitative estimate of drug-likeness (QED) is 0.489. The van der Waals surface area contributed by atoms with Crippen LogP contribution in [0.1, 0.15) is 11.5 Å². The van der Waals surface area contributed by atoms with Gasteiger partial charge in [-0.3, -0.25) is 0 Å². The lowest BCUT2D eigenvalue weighted by molar-refractivity contribution is -0.113. The summed E-state index contributed by atoms with van der Waals surface area (Å²) in [5, 5.41) is 16.1. The van der Waals surface area contributed by atoms with Gasteiger partial charge in [-0.05, 0) is 10.4 Å². The zero-order chi connectivity index (χ0) is 15.1. The first kappa shape index (κ1) is 15.9. The summed E-state index contributed by atoms with van der Waals surface area (Å²) in [6.45, 7) is 0.814. The molecule has 0 saturated heterocycles. The van der Waals surface area contributed by atoms with E-state index in [4.69, 9.17) is 18.7 Å². The molecule has 116 valence electrons. The molecule has 0 aliphatic carbocycles. The molecule has 0 N–H and O–H groups in total. The SMILES string of the molecule is COCc1cc(CSc2nnnn2CC(OC)OC)no1. The fourth-order valence-electron chi connectivity index (χ4n) is 1.57. The van der Waals surface area contributed by atoms with Crippen LogP contribution < -0.4 is 0 Å². The molecule has 0 aromatic carbocycles. The summed E-state index contributed by atoms with van der Waals surface area (Å²) < 4.78 is 22.0. The predicted octanol–water partition coefficient (Wildman–Crippen LogP) is 0.719. The zero-order valence-corrected chi connectivity index (χ0v) is 12.9. The Morgan fingerprint density at radius 1 is 1.33 bits per heavy atom. The van der Waals surface area contributed by atoms with Crippen LogP contribution in [0.5, 0.6) is 0 Å². The average Bonchev–Trinajstić information content (AvgIpc) is 3.12. The van der Waals surface area contributed by atoms with E-state index in [-0.39, 0.29) is 0 Å². The van der Waals surface area contributed by atoms with Crippen LogP contribution in [0.15, 0.2) is 15.7 Å². The third kappa shape index (κ3) is 4.49. The third-order valence-corrected chi connectivity index (χ3v) is 3.58. The van der Waals surface area contributed by atoms with Gasteiger partial charge >= 0.3 is 0 Å². The van der Waals surface area contributed by atoms with Gasteiger partial charge in [0.25, 0.3) is 0 Å². The Morgan fingerprint density at radius 2 is 2.14 bits per heavy atom. The van der Waals surface area contributed by atoms with Crippen molar-refractivity contribution < 1.29 is 18.7 Å². The molecular weight excluding hydrogens is 298 g/mol. The highest BCUT2D eigenvalue weighted by Gasteiger charge is 2.14. The van der Waals surface area contributed by atoms with Crippen molar-refractivity contribution in [3.63, 3.8) is 0 Å². The Balaban J connectivity index is 1.92. The Kier molecular flexibility index (Phi) is 6.11. The van der Waals surface area contributed by atoms with Crippen LogP contribution in [0.2, 0.25) is 0 Å². The van der Waals surface area contributed by atoms with E-state index in [0.29, 0.717) is 29.8 Å². The Labute approximate surface area is 125 Å². The number of ether oxygens (including phenoxy) is 3. The van der Waals surface area contributed by atoms with E-state index in [0.717, 1.165) is 5.69 Å². The van der Waals surface area contributed by atoms with Crippen molar-refractivity contribution in [1.29, 1.82) is 0 Å². The summed E-state index contributed by atoms with van der Waals surface area (Å²) in [4.78, 5) is 0. The first-order valence-electron chi connectivity index (χ1n) is 6.14. The lowest BCUT2D eigenvalue weighted by Crippen LogP contribution is -2.21. The maximum absolute atomic E-state index is 5.13. The van der Waals surface area contributed by atoms with Crippen molar-refractivity contribution in [2.45, 2.75) is 30.4 Å². The van der Waals surface area contributed by atoms with Crippen LogP contribution in [0.25, 0.3) is 0 Å². The van der Waals surface area contributed by atoms with Crippen molar-refractivity contribution in [3.8, 4) is 0 Å². The van der Waals surface area contributed by atoms with Crippen molar-refractivity contribution in [3.05, 3.63) is 17.5 Å². The number of methoxy groups -OCH3 is 3. The number of thioether (sulfide) groups is 1. The predicted molar refractivity (Wildman–Crippen MR) is 72.4 cm³/mol. The number of nitrogens with zero attached hydrogens (tertiary/aromatic N) is 5. The van der Waals surface area contributed by atoms with Crippen LogP contribution in [0.3, 0.4) is 0 Å². The maximum atomic E-state index is 5.13. The van der Waals surface area contributed by atoms with Gasteiger partial charge in [-0.2, -0.15) is 0 Å². The van der Waals surface area contributed by atoms with Gasteiger partial charge in [-0.1, -0.05) is 16.9 Å². The Hall–Kier alpha value is -1.49. The molecule has 0 amide bonds. The van der Waals surface area contributed by atoms with E-state index >= 15 is 0 Å². The van der Waals surface area contributed by atoms with Crippen molar-refractivity contribution in [2.24, 2.45) is 0 Å². The highest BCUT2D eigenvalue weighted by molar-refractivity contribution is 7.98. The van der Waals surface area contributed by atoms with E-state index in [1.165, 1.54) is 11.8 Å². The fraction of sp³-hybridized carbons (Fsp3) is 0.636. The van der Waals surface area contributed by atoms with Crippen molar-refractivity contribution in [2.75, 3.05) is 21.3 Å². The lowest BCUT2D eigenvalue weighted by atomic mass is 10.4. The van der Waals surface area contributed by atoms with Gasteiger partial charge in [0.2, 0.25) is 5.16 Å². The molecule has 0 unspecified atom stereocenters. The van der Waals surface area contributed by atoms with E-state index in [1.807, 2.05) is 6.07 Å². The second-order valence-electron chi connectivity index (χ2n) is 4.05. The second-order valence-corrected chi connectivity index (χ2v) is 4.99. The van der Waals surface area contributed by atoms with E-state index in [1.54, 1.807) is 26.0 Å². The number of tetrazole rings is 1. The normalized spacial score (nSPS) is 11.4. The monoisotopic (exact) mass is 315 g/mol. The first-order valence-corrected chi connectivity index (χ1v) is 7.13. The molecule has 0 bridgehead atoms. The first-order chi connectivity index (χ1) is 10.3. The van der Waals surface area contributed by atoms with Gasteiger partial charge in [0.15, 0.2) is 12.1 Å². The second kappa shape index (κ2) is 8.08. The summed E-state index contributed by atoms with van der Waals surface area (Å²) in [6.07, 6.45) is -0.395. The summed E-state index contributed by atoms with van der Waals surface area (Å²) in [5.41, 5.74) is 0.802. The van der Waals surface area contributed by atoms with Crippen LogP contribution in [0, 0.1) is 0 Å². The summed E-state index contributed by atoms with van der Waals surface area (Å²) >= 11 is 1.45. The standard InChI is InChI=1S/C11H17N5O4S/c1-17-6-9-4-8(13-20-9)7-21-11-12-14-15-16(11)5-10(18-2)19-3/h4,10H,5-7H2,1-3H3. The molecule has 21 heavy (non-hydrogen) atoms. The molecule has 10 heteroatoms. The topological polar surface area (TPSA) is 97.3 Å². The Morgan fingerprint density at radius 3 is 2.86 bits per heavy atom. The minimum atomic E-state index is -0.395. The molecular formula is C11H17N5O4S. The summed E-state index contributed by atoms with van der Waals surface area (Å²) in [5.74, 6) is 1.28. The van der Waals surface area contributed by atoms with Crippen LogP contribution in [-0.4, -0.2) is 53.0 Å². The number of rotatable bonds is 9. The summed E-state index contributed by atoms with van der Waals surface area (Å²) in [7, 11) is 4.74. The molecule has 0 spiro atoms. The Bertz CT molecular complexity index is 542. The number of hydrogen-bond donors (Lipinski definition) is 0. The van der Waals surface area contributed by atoms with Crippen molar-refractivity contribution >= 4 is 11.8 Å². The van der Waals surface area contributed by atoms with E-state index in [9.17, 15) is 0 Å². The zero-order valence-electron chi connectivity index (χ0n) is 12.1. The number of hydrogen-bond acceptors (Lipinski definition) is 9. The van der Waals surface area contributed by atoms with E-state index < -0.39 is 6.29 Å². The average molecular weight is 315 g/mol. The van der Waals surface area contributed by atoms with Gasteiger partial charge in [0.1, 0.15) is 6.61 Å². The highest BCUT2D eigenvalue weighted by Crippen LogP contribution is 2.20. The molecule has 0 atom stereocenters. The highest BCUT2D eigenvalue weighted by atomic mass is 32.2. The third-order valence-electron chi connectivity index (χ3n) is 2.59. The van der Waals surface area contributed by atoms with E-state index in [2.05, 4.69) is 20.7 Å². The minimum Gasteiger partial charge on any atom is -0.377 e. The minimum absolute atomic E-state index is 0.395. The molecule has 0 aliphatic heterocycles. The number of aromatic nitrogens is 5. The molecule has 2 aromatic rings. The van der Waals surface area contributed by atoms with Crippen molar-refractivity contribution in [1.82, 2.24) is 25.4 Å². The largest absolute Gasteiger partial charge is 0.377 e. The maximum Gasteiger partial charge on any atom is 0.209 e. The molecule has 0 radical (unpaired) electrons. The molecule has 2 rings (SSSR count). The molecule has 0 fully saturated rings. The summed E-state index contributed by atoms with van der Waals surface area (Å²) in [6, 6.07) is 1.84. The van der Waals surface area contributed by atoms with Gasteiger partial charge in [0.05, 0.1) is 12.2 Å².